The number of amides is 2. The van der Waals surface area contributed by atoms with Crippen molar-refractivity contribution in [2.24, 2.45) is 0 Å². The smallest absolute Gasteiger partial charge is 0.264 e. The Morgan fingerprint density at radius 3 is 2.15 bits per heavy atom. The summed E-state index contributed by atoms with van der Waals surface area (Å²) < 4.78 is 35.2. The molecular weight excluding hydrogens is 606 g/mol. The number of sulfonamides is 1. The monoisotopic (exact) mass is 643 g/mol. The Morgan fingerprint density at radius 1 is 0.927 bits per heavy atom. The van der Waals surface area contributed by atoms with Crippen LogP contribution in [-0.4, -0.2) is 56.9 Å². The number of carbonyl (C=O) groups is 2. The molecule has 0 aliphatic rings. The van der Waals surface area contributed by atoms with E-state index in [2.05, 4.69) is 21.2 Å². The predicted octanol–water partition coefficient (Wildman–Crippen LogP) is 5.42. The largest absolute Gasteiger partial charge is 0.494 e. The van der Waals surface area contributed by atoms with Gasteiger partial charge in [-0.15, -0.1) is 0 Å². The van der Waals surface area contributed by atoms with Gasteiger partial charge in [-0.3, -0.25) is 13.9 Å². The van der Waals surface area contributed by atoms with Gasteiger partial charge in [0.25, 0.3) is 10.0 Å². The van der Waals surface area contributed by atoms with Crippen LogP contribution in [-0.2, 0) is 26.0 Å². The number of ether oxygens (including phenoxy) is 1. The zero-order chi connectivity index (χ0) is 30.0. The van der Waals surface area contributed by atoms with Gasteiger partial charge in [-0.05, 0) is 87.7 Å². The minimum atomic E-state index is -4.14. The van der Waals surface area contributed by atoms with Crippen molar-refractivity contribution in [3.63, 3.8) is 0 Å². The van der Waals surface area contributed by atoms with Crippen LogP contribution in [0.1, 0.15) is 39.7 Å². The number of nitrogens with one attached hydrogen (secondary N) is 1. The maximum absolute atomic E-state index is 14.0. The third kappa shape index (κ3) is 8.81. The van der Waals surface area contributed by atoms with Gasteiger partial charge in [-0.2, -0.15) is 0 Å². The first-order valence-corrected chi connectivity index (χ1v) is 15.9. The molecule has 0 saturated carbocycles. The van der Waals surface area contributed by atoms with Crippen molar-refractivity contribution < 1.29 is 22.7 Å². The standard InChI is InChI=1S/C31H38BrN3O5S/c1-5-23(3)33-31(37)24(4)34(21-20-25-10-8-7-9-11-25)30(36)22-35(27-14-16-28(17-15-27)40-6-2)41(38,39)29-18-12-26(32)13-19-29/h7-19,23-24H,5-6,20-22H2,1-4H3,(H,33,37)/t23-,24-/m0/s1. The summed E-state index contributed by atoms with van der Waals surface area (Å²) in [5, 5.41) is 2.94. The van der Waals surface area contributed by atoms with Crippen LogP contribution in [0.4, 0.5) is 5.69 Å². The van der Waals surface area contributed by atoms with Crippen molar-refractivity contribution in [2.45, 2.75) is 57.5 Å². The third-order valence-corrected chi connectivity index (χ3v) is 9.09. The molecule has 0 bridgehead atoms. The minimum absolute atomic E-state index is 0.0424. The molecule has 2 amide bonds. The fraction of sp³-hybridized carbons (Fsp3) is 0.355. The van der Waals surface area contributed by atoms with Crippen LogP contribution in [0.3, 0.4) is 0 Å². The quantitative estimate of drug-likeness (QED) is 0.253. The van der Waals surface area contributed by atoms with Gasteiger partial charge in [0.2, 0.25) is 11.8 Å². The van der Waals surface area contributed by atoms with Crippen molar-refractivity contribution in [2.75, 3.05) is 24.0 Å². The van der Waals surface area contributed by atoms with Crippen molar-refractivity contribution >= 4 is 43.5 Å². The number of hydrogen-bond acceptors (Lipinski definition) is 5. The summed E-state index contributed by atoms with van der Waals surface area (Å²) in [5.74, 6) is -0.185. The number of hydrogen-bond donors (Lipinski definition) is 1. The Labute approximate surface area is 251 Å². The van der Waals surface area contributed by atoms with Crippen LogP contribution in [0.2, 0.25) is 0 Å². The Balaban J connectivity index is 1.98. The van der Waals surface area contributed by atoms with Crippen molar-refractivity contribution in [1.29, 1.82) is 0 Å². The van der Waals surface area contributed by atoms with Gasteiger partial charge in [0.05, 0.1) is 17.2 Å². The van der Waals surface area contributed by atoms with E-state index in [4.69, 9.17) is 4.74 Å². The molecule has 10 heteroatoms. The summed E-state index contributed by atoms with van der Waals surface area (Å²) in [6, 6.07) is 21.6. The third-order valence-electron chi connectivity index (χ3n) is 6.77. The molecule has 0 aliphatic carbocycles. The number of anilines is 1. The zero-order valence-corrected chi connectivity index (χ0v) is 26.3. The van der Waals surface area contributed by atoms with E-state index in [9.17, 15) is 18.0 Å². The normalized spacial score (nSPS) is 12.7. The first-order valence-electron chi connectivity index (χ1n) is 13.7. The Kier molecular flexibility index (Phi) is 11.8. The molecule has 3 rings (SSSR count). The molecule has 0 aliphatic heterocycles. The molecule has 0 radical (unpaired) electrons. The molecule has 2 atom stereocenters. The van der Waals surface area contributed by atoms with Crippen LogP contribution in [0.15, 0.2) is 88.2 Å². The van der Waals surface area contributed by atoms with Gasteiger partial charge in [-0.1, -0.05) is 53.2 Å². The van der Waals surface area contributed by atoms with E-state index in [0.717, 1.165) is 20.8 Å². The minimum Gasteiger partial charge on any atom is -0.494 e. The Hall–Kier alpha value is -3.37. The number of nitrogens with zero attached hydrogens (tertiary/aromatic N) is 2. The second kappa shape index (κ2) is 15.0. The highest BCUT2D eigenvalue weighted by molar-refractivity contribution is 9.10. The summed E-state index contributed by atoms with van der Waals surface area (Å²) in [7, 11) is -4.14. The van der Waals surface area contributed by atoms with Crippen LogP contribution in [0.5, 0.6) is 5.75 Å². The lowest BCUT2D eigenvalue weighted by Crippen LogP contribution is -2.53. The first kappa shape index (κ1) is 32.1. The molecule has 0 unspecified atom stereocenters. The lowest BCUT2D eigenvalue weighted by Gasteiger charge is -2.32. The number of halogens is 1. The van der Waals surface area contributed by atoms with Gasteiger partial charge >= 0.3 is 0 Å². The number of carbonyl (C=O) groups excluding carboxylic acids is 2. The van der Waals surface area contributed by atoms with Gasteiger partial charge in [-0.25, -0.2) is 8.42 Å². The summed E-state index contributed by atoms with van der Waals surface area (Å²) in [6.45, 7) is 7.63. The fourth-order valence-electron chi connectivity index (χ4n) is 4.17. The second-order valence-electron chi connectivity index (χ2n) is 9.71. The van der Waals surface area contributed by atoms with E-state index in [1.54, 1.807) is 43.3 Å². The maximum atomic E-state index is 14.0. The molecule has 3 aromatic carbocycles. The molecule has 41 heavy (non-hydrogen) atoms. The molecule has 0 aromatic heterocycles. The summed E-state index contributed by atoms with van der Waals surface area (Å²) in [4.78, 5) is 28.6. The molecule has 220 valence electrons. The number of benzene rings is 3. The van der Waals surface area contributed by atoms with Gasteiger partial charge in [0.1, 0.15) is 18.3 Å². The average molecular weight is 645 g/mol. The van der Waals surface area contributed by atoms with Crippen LogP contribution < -0.4 is 14.4 Å². The van der Waals surface area contributed by atoms with Crippen molar-refractivity contribution in [3.05, 3.63) is 88.9 Å². The van der Waals surface area contributed by atoms with Crippen LogP contribution in [0.25, 0.3) is 0 Å². The molecular formula is C31H38BrN3O5S. The molecule has 0 saturated heterocycles. The van der Waals surface area contributed by atoms with Crippen molar-refractivity contribution in [1.82, 2.24) is 10.2 Å². The molecule has 0 fully saturated rings. The zero-order valence-electron chi connectivity index (χ0n) is 23.9. The van der Waals surface area contributed by atoms with E-state index in [1.807, 2.05) is 51.1 Å². The lowest BCUT2D eigenvalue weighted by atomic mass is 10.1. The summed E-state index contributed by atoms with van der Waals surface area (Å²) in [5.41, 5.74) is 1.31. The first-order chi connectivity index (χ1) is 19.6. The van der Waals surface area contributed by atoms with E-state index < -0.39 is 28.5 Å². The van der Waals surface area contributed by atoms with E-state index >= 15 is 0 Å². The van der Waals surface area contributed by atoms with E-state index in [1.165, 1.54) is 17.0 Å². The van der Waals surface area contributed by atoms with Crippen LogP contribution in [0, 0.1) is 0 Å². The van der Waals surface area contributed by atoms with Gasteiger partial charge < -0.3 is 15.0 Å². The summed E-state index contributed by atoms with van der Waals surface area (Å²) in [6.07, 6.45) is 1.25. The summed E-state index contributed by atoms with van der Waals surface area (Å²) >= 11 is 3.34. The van der Waals surface area contributed by atoms with Gasteiger partial charge in [0.15, 0.2) is 0 Å². The fourth-order valence-corrected chi connectivity index (χ4v) is 5.85. The molecule has 1 N–H and O–H groups in total. The molecule has 8 nitrogen and oxygen atoms in total. The maximum Gasteiger partial charge on any atom is 0.264 e. The Morgan fingerprint density at radius 2 is 1.56 bits per heavy atom. The average Bonchev–Trinajstić information content (AvgIpc) is 2.97. The second-order valence-corrected chi connectivity index (χ2v) is 12.5. The van der Waals surface area contributed by atoms with E-state index in [-0.39, 0.29) is 23.4 Å². The van der Waals surface area contributed by atoms with Crippen molar-refractivity contribution in [3.8, 4) is 5.75 Å². The molecule has 0 heterocycles. The number of rotatable bonds is 14. The topological polar surface area (TPSA) is 96.0 Å². The molecule has 3 aromatic rings. The lowest BCUT2D eigenvalue weighted by molar-refractivity contribution is -0.139. The van der Waals surface area contributed by atoms with Crippen LogP contribution >= 0.6 is 15.9 Å². The van der Waals surface area contributed by atoms with E-state index in [0.29, 0.717) is 24.5 Å². The SMILES string of the molecule is CCOc1ccc(N(CC(=O)N(CCc2ccccc2)[C@@H](C)C(=O)N[C@@H](C)CC)S(=O)(=O)c2ccc(Br)cc2)cc1. The Bertz CT molecular complexity index is 1380. The molecule has 0 spiro atoms. The highest BCUT2D eigenvalue weighted by atomic mass is 79.9. The van der Waals surface area contributed by atoms with Gasteiger partial charge in [0, 0.05) is 17.1 Å². The highest BCUT2D eigenvalue weighted by Crippen LogP contribution is 2.27. The predicted molar refractivity (Wildman–Crippen MR) is 166 cm³/mol. The highest BCUT2D eigenvalue weighted by Gasteiger charge is 2.32.